The largest absolute Gasteiger partial charge is 0.444 e. The first kappa shape index (κ1) is 24.0. The summed E-state index contributed by atoms with van der Waals surface area (Å²) in [6.45, 7) is 4.80. The maximum atomic E-state index is 12.7. The molecule has 33 heavy (non-hydrogen) atoms. The number of nitriles is 1. The van der Waals surface area contributed by atoms with Crippen LogP contribution in [0, 0.1) is 17.2 Å². The highest BCUT2D eigenvalue weighted by molar-refractivity contribution is 5.98. The van der Waals surface area contributed by atoms with Gasteiger partial charge in [0.1, 0.15) is 17.8 Å². The summed E-state index contributed by atoms with van der Waals surface area (Å²) in [5, 5.41) is 20.1. The van der Waals surface area contributed by atoms with E-state index < -0.39 is 30.2 Å². The van der Waals surface area contributed by atoms with E-state index in [2.05, 4.69) is 21.8 Å². The summed E-state index contributed by atoms with van der Waals surface area (Å²) in [4.78, 5) is 24.1. The first-order chi connectivity index (χ1) is 15.6. The zero-order chi connectivity index (χ0) is 24.2. The monoisotopic (exact) mass is 456 g/mol. The van der Waals surface area contributed by atoms with Crippen LogP contribution in [0.5, 0.6) is 0 Å². The minimum absolute atomic E-state index is 0.190. The van der Waals surface area contributed by atoms with Crippen LogP contribution < -0.4 is 16.4 Å². The zero-order valence-electron chi connectivity index (χ0n) is 19.0. The number of alkyl carbamates (subject to hydrolysis) is 1. The maximum absolute atomic E-state index is 12.7. The van der Waals surface area contributed by atoms with Crippen LogP contribution in [0.1, 0.15) is 62.0 Å². The lowest BCUT2D eigenvalue weighted by molar-refractivity contribution is 0.0479. The summed E-state index contributed by atoms with van der Waals surface area (Å²) in [7, 11) is 0. The summed E-state index contributed by atoms with van der Waals surface area (Å²) in [6, 6.07) is 8.46. The molecule has 2 amide bonds. The molecular weight excluding hydrogens is 427 g/mol. The number of rotatable bonds is 6. The number of nitrogens with zero attached hydrogens (tertiary/aromatic N) is 3. The summed E-state index contributed by atoms with van der Waals surface area (Å²) in [5.74, 6) is -0.824. The number of hydrogen-bond donors (Lipinski definition) is 3. The Morgan fingerprint density at radius 3 is 2.58 bits per heavy atom. The van der Waals surface area contributed by atoms with Crippen molar-refractivity contribution >= 4 is 23.5 Å². The van der Waals surface area contributed by atoms with Gasteiger partial charge >= 0.3 is 6.09 Å². The molecule has 1 aromatic carbocycles. The Balaban J connectivity index is 1.74. The van der Waals surface area contributed by atoms with Crippen molar-refractivity contribution in [3.8, 4) is 6.07 Å². The third-order valence-corrected chi connectivity index (χ3v) is 5.41. The number of benzene rings is 1. The van der Waals surface area contributed by atoms with Crippen molar-refractivity contribution < 1.29 is 18.7 Å². The quantitative estimate of drug-likeness (QED) is 0.602. The van der Waals surface area contributed by atoms with Crippen LogP contribution in [0.4, 0.5) is 20.7 Å². The van der Waals surface area contributed by atoms with E-state index in [0.717, 1.165) is 0 Å². The van der Waals surface area contributed by atoms with Crippen LogP contribution >= 0.6 is 0 Å². The molecule has 3 rings (SSSR count). The lowest BCUT2D eigenvalue weighted by Crippen LogP contribution is -2.43. The van der Waals surface area contributed by atoms with E-state index in [9.17, 15) is 19.2 Å². The van der Waals surface area contributed by atoms with Gasteiger partial charge in [0, 0.05) is 17.9 Å². The lowest BCUT2D eigenvalue weighted by Gasteiger charge is -2.33. The predicted molar refractivity (Wildman–Crippen MR) is 120 cm³/mol. The van der Waals surface area contributed by atoms with E-state index in [1.807, 2.05) is 0 Å². The van der Waals surface area contributed by atoms with Gasteiger partial charge in [0.15, 0.2) is 5.82 Å². The normalized spacial score (nSPS) is 20.5. The molecule has 1 fully saturated rings. The molecule has 2 aromatic rings. The lowest BCUT2D eigenvalue weighted by atomic mass is 9.82. The summed E-state index contributed by atoms with van der Waals surface area (Å²) < 4.78 is 19.6. The van der Waals surface area contributed by atoms with Gasteiger partial charge in [-0.2, -0.15) is 10.4 Å². The van der Waals surface area contributed by atoms with Gasteiger partial charge in [-0.1, -0.05) is 12.1 Å². The molecule has 1 aliphatic rings. The maximum Gasteiger partial charge on any atom is 0.407 e. The Morgan fingerprint density at radius 2 is 2.00 bits per heavy atom. The summed E-state index contributed by atoms with van der Waals surface area (Å²) >= 11 is 0. The van der Waals surface area contributed by atoms with Crippen LogP contribution in [0.25, 0.3) is 0 Å². The summed E-state index contributed by atoms with van der Waals surface area (Å²) in [5.41, 5.74) is 6.29. The molecule has 0 spiro atoms. The molecule has 1 heterocycles. The number of ether oxygens (including phenoxy) is 1. The Hall–Kier alpha value is -3.61. The highest BCUT2D eigenvalue weighted by Gasteiger charge is 2.34. The Kier molecular flexibility index (Phi) is 7.21. The van der Waals surface area contributed by atoms with Crippen molar-refractivity contribution in [1.82, 2.24) is 15.1 Å². The van der Waals surface area contributed by atoms with E-state index >= 15 is 0 Å². The van der Waals surface area contributed by atoms with Crippen LogP contribution in [0.2, 0.25) is 0 Å². The van der Waals surface area contributed by atoms with Crippen molar-refractivity contribution in [2.75, 3.05) is 5.32 Å². The third kappa shape index (κ3) is 6.22. The molecule has 1 saturated carbocycles. The van der Waals surface area contributed by atoms with Crippen molar-refractivity contribution in [2.24, 2.45) is 11.7 Å². The van der Waals surface area contributed by atoms with Crippen LogP contribution in [-0.4, -0.2) is 33.4 Å². The SMILES string of the molecule is CC(C)(C)OC(=O)N[C@H]1CC[C@@H](n2cc(C(N)=O)c(Nc3ccc(CF)cc3)n2)[C@H](C#N)C1. The molecule has 1 aromatic heterocycles. The molecule has 176 valence electrons. The van der Waals surface area contributed by atoms with Gasteiger partial charge in [0.05, 0.1) is 18.0 Å². The molecule has 0 aliphatic heterocycles. The van der Waals surface area contributed by atoms with Crippen molar-refractivity contribution in [1.29, 1.82) is 5.26 Å². The fourth-order valence-corrected chi connectivity index (χ4v) is 3.86. The minimum Gasteiger partial charge on any atom is -0.444 e. The number of carbonyl (C=O) groups is 2. The van der Waals surface area contributed by atoms with Crippen molar-refractivity contribution in [3.05, 3.63) is 41.6 Å². The number of amides is 2. The molecule has 0 radical (unpaired) electrons. The van der Waals surface area contributed by atoms with Gasteiger partial charge in [0.25, 0.3) is 5.91 Å². The van der Waals surface area contributed by atoms with Gasteiger partial charge in [0.2, 0.25) is 0 Å². The average Bonchev–Trinajstić information content (AvgIpc) is 3.16. The standard InChI is InChI=1S/C23H29FN6O3/c1-23(2,3)33-22(32)28-17-8-9-19(15(10-17)12-25)30-13-18(20(26)31)21(29-30)27-16-6-4-14(11-24)5-7-16/h4-7,13,15,17,19H,8-11H2,1-3H3,(H2,26,31)(H,27,29)(H,28,32)/t15-,17-,19+/m0/s1. The number of carbonyl (C=O) groups excluding carboxylic acids is 2. The number of alkyl halides is 1. The molecule has 1 aliphatic carbocycles. The van der Waals surface area contributed by atoms with E-state index in [0.29, 0.717) is 30.5 Å². The van der Waals surface area contributed by atoms with Gasteiger partial charge < -0.3 is 21.1 Å². The van der Waals surface area contributed by atoms with E-state index in [4.69, 9.17) is 10.5 Å². The molecule has 4 N–H and O–H groups in total. The molecule has 3 atom stereocenters. The number of nitrogens with two attached hydrogens (primary N) is 1. The summed E-state index contributed by atoms with van der Waals surface area (Å²) in [6.07, 6.45) is 2.66. The fourth-order valence-electron chi connectivity index (χ4n) is 3.86. The van der Waals surface area contributed by atoms with Gasteiger partial charge in [-0.15, -0.1) is 0 Å². The van der Waals surface area contributed by atoms with E-state index in [-0.39, 0.29) is 23.5 Å². The number of hydrogen-bond acceptors (Lipinski definition) is 6. The number of aromatic nitrogens is 2. The topological polar surface area (TPSA) is 135 Å². The number of nitrogens with one attached hydrogen (secondary N) is 2. The average molecular weight is 457 g/mol. The van der Waals surface area contributed by atoms with Crippen LogP contribution in [0.3, 0.4) is 0 Å². The molecule has 0 unspecified atom stereocenters. The number of halogens is 1. The first-order valence-corrected chi connectivity index (χ1v) is 10.8. The Bertz CT molecular complexity index is 1040. The third-order valence-electron chi connectivity index (χ3n) is 5.41. The van der Waals surface area contributed by atoms with E-state index in [1.165, 1.54) is 6.20 Å². The molecular formula is C23H29FN6O3. The van der Waals surface area contributed by atoms with Gasteiger partial charge in [-0.25, -0.2) is 9.18 Å². The van der Waals surface area contributed by atoms with Crippen LogP contribution in [0.15, 0.2) is 30.5 Å². The van der Waals surface area contributed by atoms with Gasteiger partial charge in [-0.3, -0.25) is 9.48 Å². The van der Waals surface area contributed by atoms with E-state index in [1.54, 1.807) is 49.7 Å². The number of primary amides is 1. The highest BCUT2D eigenvalue weighted by atomic mass is 19.1. The minimum atomic E-state index is -0.655. The smallest absolute Gasteiger partial charge is 0.407 e. The first-order valence-electron chi connectivity index (χ1n) is 10.8. The molecule has 10 heteroatoms. The molecule has 0 saturated heterocycles. The fraction of sp³-hybridized carbons (Fsp3) is 0.478. The highest BCUT2D eigenvalue weighted by Crippen LogP contribution is 2.35. The van der Waals surface area contributed by atoms with Crippen molar-refractivity contribution in [2.45, 2.75) is 64.4 Å². The van der Waals surface area contributed by atoms with Crippen molar-refractivity contribution in [3.63, 3.8) is 0 Å². The Labute approximate surface area is 192 Å². The van der Waals surface area contributed by atoms with Crippen LogP contribution in [-0.2, 0) is 11.4 Å². The van der Waals surface area contributed by atoms with Gasteiger partial charge in [-0.05, 0) is 57.7 Å². The second kappa shape index (κ2) is 9.90. The number of anilines is 2. The zero-order valence-corrected chi connectivity index (χ0v) is 19.0. The second-order valence-electron chi connectivity index (χ2n) is 9.15. The molecule has 9 nitrogen and oxygen atoms in total. The molecule has 0 bridgehead atoms. The predicted octanol–water partition coefficient (Wildman–Crippen LogP) is 3.95. The Morgan fingerprint density at radius 1 is 1.30 bits per heavy atom. The second-order valence-corrected chi connectivity index (χ2v) is 9.15.